The number of benzene rings is 1. The number of nitrogens with one attached hydrogen (secondary N) is 1. The fraction of sp³-hybridized carbons (Fsp3) is 0.250. The Bertz CT molecular complexity index is 1280. The van der Waals surface area contributed by atoms with Crippen LogP contribution in [-0.2, 0) is 6.54 Å². The van der Waals surface area contributed by atoms with Crippen molar-refractivity contribution in [3.05, 3.63) is 76.5 Å². The summed E-state index contributed by atoms with van der Waals surface area (Å²) in [5.74, 6) is 1.52. The Kier molecular flexibility index (Phi) is 6.14. The fourth-order valence-electron chi connectivity index (χ4n) is 3.88. The predicted octanol–water partition coefficient (Wildman–Crippen LogP) is 5.02. The number of nitrogens with zero attached hydrogens (tertiary/aromatic N) is 3. The molecule has 0 aliphatic carbocycles. The molecule has 0 spiro atoms. The minimum atomic E-state index is -0.0897. The maximum absolute atomic E-state index is 12.9. The number of rotatable bonds is 8. The molecule has 3 heterocycles. The number of carbonyl (C=O) groups excluding carboxylic acids is 2. The predicted molar refractivity (Wildman–Crippen MR) is 123 cm³/mol. The van der Waals surface area contributed by atoms with Gasteiger partial charge < -0.3 is 9.40 Å². The fourth-order valence-corrected chi connectivity index (χ4v) is 4.69. The zero-order chi connectivity index (χ0) is 22.8. The van der Waals surface area contributed by atoms with Crippen LogP contribution in [-0.4, -0.2) is 37.1 Å². The summed E-state index contributed by atoms with van der Waals surface area (Å²) in [5.41, 5.74) is 4.52. The van der Waals surface area contributed by atoms with E-state index in [1.807, 2.05) is 54.8 Å². The molecule has 7 nitrogen and oxygen atoms in total. The van der Waals surface area contributed by atoms with E-state index >= 15 is 0 Å². The van der Waals surface area contributed by atoms with Gasteiger partial charge in [0.25, 0.3) is 0 Å². The van der Waals surface area contributed by atoms with Gasteiger partial charge >= 0.3 is 0 Å². The highest BCUT2D eigenvalue weighted by Crippen LogP contribution is 2.28. The first-order valence-corrected chi connectivity index (χ1v) is 11.2. The van der Waals surface area contributed by atoms with Gasteiger partial charge in [-0.3, -0.25) is 14.2 Å². The van der Waals surface area contributed by atoms with Crippen molar-refractivity contribution in [2.75, 3.05) is 5.75 Å². The van der Waals surface area contributed by atoms with Crippen LogP contribution in [0.15, 0.2) is 52.2 Å². The Morgan fingerprint density at radius 1 is 1.09 bits per heavy atom. The highest BCUT2D eigenvalue weighted by molar-refractivity contribution is 7.99. The molecule has 0 aliphatic heterocycles. The molecule has 0 atom stereocenters. The normalized spacial score (nSPS) is 11.1. The van der Waals surface area contributed by atoms with Gasteiger partial charge in [0.15, 0.2) is 22.5 Å². The number of thioether (sulfide) groups is 1. The number of ketones is 2. The van der Waals surface area contributed by atoms with Crippen LogP contribution in [0, 0.1) is 20.8 Å². The number of furan rings is 1. The molecule has 4 aromatic rings. The standard InChI is InChI=1S/C24H24N4O3S/c1-14-8-5-6-10-19(14)23-26-27-24(28(23)12-18-9-7-11-31-18)32-13-20(30)22-15(2)21(17(4)29)16(3)25-22/h5-11,25H,12-13H2,1-4H3. The molecule has 4 rings (SSSR count). The molecule has 3 aromatic heterocycles. The number of aryl methyl sites for hydroxylation is 2. The SMILES string of the molecule is CC(=O)c1c(C)[nH]c(C(=O)CSc2nnc(-c3ccccc3C)n2Cc2ccco2)c1C. The van der Waals surface area contributed by atoms with Crippen molar-refractivity contribution in [3.8, 4) is 11.4 Å². The molecule has 0 unspecified atom stereocenters. The van der Waals surface area contributed by atoms with Crippen molar-refractivity contribution in [1.29, 1.82) is 0 Å². The second-order valence-electron chi connectivity index (χ2n) is 7.68. The lowest BCUT2D eigenvalue weighted by Gasteiger charge is -2.10. The molecule has 8 heteroatoms. The summed E-state index contributed by atoms with van der Waals surface area (Å²) in [7, 11) is 0. The quantitative estimate of drug-likeness (QED) is 0.301. The zero-order valence-electron chi connectivity index (χ0n) is 18.4. The Hall–Kier alpha value is -3.39. The average Bonchev–Trinajstić information content (AvgIpc) is 3.47. The first-order chi connectivity index (χ1) is 15.4. The van der Waals surface area contributed by atoms with E-state index in [1.165, 1.54) is 18.7 Å². The van der Waals surface area contributed by atoms with Crippen molar-refractivity contribution in [1.82, 2.24) is 19.7 Å². The van der Waals surface area contributed by atoms with Gasteiger partial charge in [-0.05, 0) is 51.0 Å². The highest BCUT2D eigenvalue weighted by atomic mass is 32.2. The van der Waals surface area contributed by atoms with Crippen LogP contribution in [0.5, 0.6) is 0 Å². The molecule has 0 aliphatic rings. The van der Waals surface area contributed by atoms with Gasteiger partial charge in [0, 0.05) is 16.8 Å². The Morgan fingerprint density at radius 3 is 2.53 bits per heavy atom. The van der Waals surface area contributed by atoms with E-state index in [1.54, 1.807) is 13.2 Å². The van der Waals surface area contributed by atoms with Gasteiger partial charge in [0.2, 0.25) is 0 Å². The summed E-state index contributed by atoms with van der Waals surface area (Å²) in [6.45, 7) is 7.60. The summed E-state index contributed by atoms with van der Waals surface area (Å²) in [4.78, 5) is 27.9. The van der Waals surface area contributed by atoms with Crippen LogP contribution >= 0.6 is 11.8 Å². The van der Waals surface area contributed by atoms with E-state index in [-0.39, 0.29) is 17.3 Å². The van der Waals surface area contributed by atoms with Crippen molar-refractivity contribution in [3.63, 3.8) is 0 Å². The zero-order valence-corrected chi connectivity index (χ0v) is 19.2. The molecule has 0 saturated heterocycles. The van der Waals surface area contributed by atoms with Crippen LogP contribution < -0.4 is 0 Å². The van der Waals surface area contributed by atoms with Crippen LogP contribution in [0.4, 0.5) is 0 Å². The summed E-state index contributed by atoms with van der Waals surface area (Å²) < 4.78 is 7.51. The van der Waals surface area contributed by atoms with E-state index in [0.717, 1.165) is 22.7 Å². The van der Waals surface area contributed by atoms with Gasteiger partial charge in [-0.2, -0.15) is 0 Å². The number of H-pyrrole nitrogens is 1. The molecule has 0 bridgehead atoms. The van der Waals surface area contributed by atoms with Gasteiger partial charge in [-0.15, -0.1) is 10.2 Å². The lowest BCUT2D eigenvalue weighted by molar-refractivity contribution is 0.101. The first-order valence-electron chi connectivity index (χ1n) is 10.2. The third kappa shape index (κ3) is 4.18. The van der Waals surface area contributed by atoms with Crippen molar-refractivity contribution in [2.24, 2.45) is 0 Å². The molecule has 0 amide bonds. The van der Waals surface area contributed by atoms with Gasteiger partial charge in [0.05, 0.1) is 24.3 Å². The molecule has 1 N–H and O–H groups in total. The number of carbonyl (C=O) groups is 2. The van der Waals surface area contributed by atoms with Gasteiger partial charge in [0.1, 0.15) is 5.76 Å². The van der Waals surface area contributed by atoms with Crippen molar-refractivity contribution < 1.29 is 14.0 Å². The molecule has 1 aromatic carbocycles. The van der Waals surface area contributed by atoms with Crippen LogP contribution in [0.25, 0.3) is 11.4 Å². The van der Waals surface area contributed by atoms with Crippen LogP contribution in [0.1, 0.15) is 50.4 Å². The van der Waals surface area contributed by atoms with E-state index in [9.17, 15) is 9.59 Å². The lowest BCUT2D eigenvalue weighted by atomic mass is 10.1. The summed E-state index contributed by atoms with van der Waals surface area (Å²) >= 11 is 1.32. The molecule has 0 radical (unpaired) electrons. The summed E-state index contributed by atoms with van der Waals surface area (Å²) in [6.07, 6.45) is 1.63. The molecule has 164 valence electrons. The summed E-state index contributed by atoms with van der Waals surface area (Å²) in [6, 6.07) is 11.7. The second-order valence-corrected chi connectivity index (χ2v) is 8.62. The molecule has 32 heavy (non-hydrogen) atoms. The number of aromatic amines is 1. The van der Waals surface area contributed by atoms with Crippen LogP contribution in [0.3, 0.4) is 0 Å². The molecule has 0 fully saturated rings. The van der Waals surface area contributed by atoms with Crippen LogP contribution in [0.2, 0.25) is 0 Å². The van der Waals surface area contributed by atoms with E-state index < -0.39 is 0 Å². The largest absolute Gasteiger partial charge is 0.467 e. The van der Waals surface area contributed by atoms with Gasteiger partial charge in [-0.25, -0.2) is 0 Å². The van der Waals surface area contributed by atoms with Gasteiger partial charge in [-0.1, -0.05) is 36.0 Å². The Morgan fingerprint density at radius 2 is 1.88 bits per heavy atom. The topological polar surface area (TPSA) is 93.8 Å². The van der Waals surface area contributed by atoms with Crippen molar-refractivity contribution in [2.45, 2.75) is 39.4 Å². The molecular weight excluding hydrogens is 424 g/mol. The molecular formula is C24H24N4O3S. The molecule has 0 saturated carbocycles. The number of hydrogen-bond acceptors (Lipinski definition) is 6. The number of aromatic nitrogens is 4. The third-order valence-corrected chi connectivity index (χ3v) is 6.36. The van der Waals surface area contributed by atoms with Crippen molar-refractivity contribution >= 4 is 23.3 Å². The second kappa shape index (κ2) is 9.00. The first kappa shape index (κ1) is 21.8. The van der Waals surface area contributed by atoms with E-state index in [2.05, 4.69) is 15.2 Å². The maximum Gasteiger partial charge on any atom is 0.192 e. The minimum absolute atomic E-state index is 0.0518. The third-order valence-electron chi connectivity index (χ3n) is 5.40. The Labute approximate surface area is 190 Å². The lowest BCUT2D eigenvalue weighted by Crippen LogP contribution is -2.08. The van der Waals surface area contributed by atoms with E-state index in [4.69, 9.17) is 4.42 Å². The highest BCUT2D eigenvalue weighted by Gasteiger charge is 2.22. The van der Waals surface area contributed by atoms with E-state index in [0.29, 0.717) is 34.2 Å². The maximum atomic E-state index is 12.9. The number of hydrogen-bond donors (Lipinski definition) is 1. The monoisotopic (exact) mass is 448 g/mol. The minimum Gasteiger partial charge on any atom is -0.467 e. The number of Topliss-reactive ketones (excluding diaryl/α,β-unsaturated/α-hetero) is 2. The average molecular weight is 449 g/mol. The summed E-state index contributed by atoms with van der Waals surface area (Å²) in [5, 5.41) is 9.42. The smallest absolute Gasteiger partial charge is 0.192 e. The Balaban J connectivity index is 1.63.